The molecule has 1 rings (SSSR count). The second-order valence-corrected chi connectivity index (χ2v) is 7.20. The van der Waals surface area contributed by atoms with E-state index < -0.39 is 15.6 Å². The zero-order chi connectivity index (χ0) is 15.6. The Bertz CT molecular complexity index is 638. The van der Waals surface area contributed by atoms with E-state index >= 15 is 0 Å². The molecule has 110 valence electrons. The van der Waals surface area contributed by atoms with Gasteiger partial charge in [0.1, 0.15) is 4.90 Å². The van der Waals surface area contributed by atoms with E-state index in [9.17, 15) is 8.42 Å². The lowest BCUT2D eigenvalue weighted by molar-refractivity contribution is 0.315. The average Bonchev–Trinajstić information content (AvgIpc) is 2.38. The van der Waals surface area contributed by atoms with Gasteiger partial charge in [-0.1, -0.05) is 25.4 Å². The predicted octanol–water partition coefficient (Wildman–Crippen LogP) is 1.86. The van der Waals surface area contributed by atoms with Crippen molar-refractivity contribution < 1.29 is 8.42 Å². The molecule has 0 heterocycles. The first-order valence-electron chi connectivity index (χ1n) is 6.10. The van der Waals surface area contributed by atoms with Crippen molar-refractivity contribution in [2.24, 2.45) is 11.7 Å². The van der Waals surface area contributed by atoms with E-state index in [1.54, 1.807) is 6.92 Å². The molecule has 1 unspecified atom stereocenters. The first kappa shape index (κ1) is 16.9. The van der Waals surface area contributed by atoms with Crippen molar-refractivity contribution in [1.82, 2.24) is 4.72 Å². The molecule has 0 aliphatic heterocycles. The minimum absolute atomic E-state index is 0.000185. The van der Waals surface area contributed by atoms with Crippen molar-refractivity contribution in [2.75, 3.05) is 6.54 Å². The van der Waals surface area contributed by atoms with Gasteiger partial charge in [0, 0.05) is 12.1 Å². The van der Waals surface area contributed by atoms with Crippen LogP contribution in [0.2, 0.25) is 5.02 Å². The van der Waals surface area contributed by atoms with Crippen molar-refractivity contribution >= 4 is 21.6 Å². The van der Waals surface area contributed by atoms with Crippen molar-refractivity contribution in [1.29, 1.82) is 5.26 Å². The third-order valence-corrected chi connectivity index (χ3v) is 5.51. The van der Waals surface area contributed by atoms with Gasteiger partial charge in [-0.25, -0.2) is 13.1 Å². The highest BCUT2D eigenvalue weighted by Crippen LogP contribution is 2.25. The summed E-state index contributed by atoms with van der Waals surface area (Å²) < 4.78 is 27.5. The summed E-state index contributed by atoms with van der Waals surface area (Å²) in [6.07, 6.45) is 0. The highest BCUT2D eigenvalue weighted by Gasteiger charge is 2.33. The molecular formula is C13H18ClN3O2S. The molecule has 3 N–H and O–H groups in total. The van der Waals surface area contributed by atoms with Gasteiger partial charge in [0.2, 0.25) is 10.0 Å². The molecule has 1 atom stereocenters. The van der Waals surface area contributed by atoms with E-state index in [1.807, 2.05) is 19.9 Å². The van der Waals surface area contributed by atoms with Crippen molar-refractivity contribution in [3.05, 3.63) is 28.8 Å². The summed E-state index contributed by atoms with van der Waals surface area (Å²) in [5.74, 6) is 0.000185. The Morgan fingerprint density at radius 2 is 2.10 bits per heavy atom. The molecule has 20 heavy (non-hydrogen) atoms. The fraction of sp³-hybridized carbons (Fsp3) is 0.462. The Morgan fingerprint density at radius 3 is 2.55 bits per heavy atom. The van der Waals surface area contributed by atoms with Gasteiger partial charge in [-0.15, -0.1) is 0 Å². The second kappa shape index (κ2) is 6.10. The zero-order valence-electron chi connectivity index (χ0n) is 11.6. The van der Waals surface area contributed by atoms with Gasteiger partial charge in [0.25, 0.3) is 0 Å². The summed E-state index contributed by atoms with van der Waals surface area (Å²) in [5, 5.41) is 8.93. The normalized spacial score (nSPS) is 14.8. The maximum atomic E-state index is 12.4. The van der Waals surface area contributed by atoms with Crippen LogP contribution in [-0.4, -0.2) is 20.5 Å². The van der Waals surface area contributed by atoms with Crippen LogP contribution < -0.4 is 10.5 Å². The molecule has 5 nitrogen and oxygen atoms in total. The molecule has 0 aromatic heterocycles. The van der Waals surface area contributed by atoms with E-state index in [4.69, 9.17) is 22.6 Å². The smallest absolute Gasteiger partial charge is 0.242 e. The lowest BCUT2D eigenvalue weighted by Gasteiger charge is -2.33. The van der Waals surface area contributed by atoms with Crippen LogP contribution in [0.5, 0.6) is 0 Å². The largest absolute Gasteiger partial charge is 0.329 e. The average molecular weight is 316 g/mol. The molecule has 0 radical (unpaired) electrons. The standard InChI is InChI=1S/C13H18ClN3O2S/c1-9(2)13(3,8-16)17-20(18,19)12-6-10(7-15)4-5-11(12)14/h4-6,9,17H,8,16H2,1-3H3. The van der Waals surface area contributed by atoms with E-state index in [1.165, 1.54) is 18.2 Å². The Kier molecular flexibility index (Phi) is 5.16. The Balaban J connectivity index is 3.28. The van der Waals surface area contributed by atoms with Gasteiger partial charge < -0.3 is 5.73 Å². The zero-order valence-corrected chi connectivity index (χ0v) is 13.2. The van der Waals surface area contributed by atoms with Gasteiger partial charge in [-0.3, -0.25) is 0 Å². The number of rotatable bonds is 5. The lowest BCUT2D eigenvalue weighted by Crippen LogP contribution is -2.54. The molecule has 0 fully saturated rings. The van der Waals surface area contributed by atoms with Gasteiger partial charge in [-0.05, 0) is 31.0 Å². The molecule has 0 aliphatic carbocycles. The Hall–Kier alpha value is -1.13. The van der Waals surface area contributed by atoms with Crippen molar-refractivity contribution in [3.8, 4) is 6.07 Å². The van der Waals surface area contributed by atoms with Crippen LogP contribution in [0, 0.1) is 17.2 Å². The van der Waals surface area contributed by atoms with Gasteiger partial charge in [0.05, 0.1) is 16.7 Å². The summed E-state index contributed by atoms with van der Waals surface area (Å²) in [6, 6.07) is 6.00. The number of hydrogen-bond donors (Lipinski definition) is 2. The molecule has 0 bridgehead atoms. The van der Waals surface area contributed by atoms with Gasteiger partial charge in [-0.2, -0.15) is 5.26 Å². The van der Waals surface area contributed by atoms with Crippen LogP contribution in [0.25, 0.3) is 0 Å². The Labute approximate surface area is 124 Å². The first-order valence-corrected chi connectivity index (χ1v) is 7.96. The molecule has 1 aromatic rings. The molecule has 0 aliphatic rings. The molecule has 0 saturated heterocycles. The van der Waals surface area contributed by atoms with Gasteiger partial charge in [0.15, 0.2) is 0 Å². The molecule has 7 heteroatoms. The molecule has 1 aromatic carbocycles. The van der Waals surface area contributed by atoms with Crippen LogP contribution in [0.4, 0.5) is 0 Å². The Morgan fingerprint density at radius 1 is 1.50 bits per heavy atom. The summed E-state index contributed by atoms with van der Waals surface area (Å²) in [6.45, 7) is 5.64. The van der Waals surface area contributed by atoms with Crippen LogP contribution in [0.15, 0.2) is 23.1 Å². The fourth-order valence-electron chi connectivity index (χ4n) is 1.54. The third-order valence-electron chi connectivity index (χ3n) is 3.42. The molecule has 0 amide bonds. The lowest BCUT2D eigenvalue weighted by atomic mass is 9.90. The van der Waals surface area contributed by atoms with Crippen LogP contribution in [0.3, 0.4) is 0 Å². The van der Waals surface area contributed by atoms with E-state index in [-0.39, 0.29) is 27.9 Å². The maximum absolute atomic E-state index is 12.4. The summed E-state index contributed by atoms with van der Waals surface area (Å²) in [5.41, 5.74) is 5.12. The summed E-state index contributed by atoms with van der Waals surface area (Å²) in [4.78, 5) is -0.112. The molecular weight excluding hydrogens is 298 g/mol. The molecule has 0 spiro atoms. The number of halogens is 1. The van der Waals surface area contributed by atoms with Gasteiger partial charge >= 0.3 is 0 Å². The number of nitrogens with two attached hydrogens (primary N) is 1. The highest BCUT2D eigenvalue weighted by atomic mass is 35.5. The second-order valence-electron chi connectivity index (χ2n) is 5.14. The highest BCUT2D eigenvalue weighted by molar-refractivity contribution is 7.89. The topological polar surface area (TPSA) is 96.0 Å². The van der Waals surface area contributed by atoms with Crippen LogP contribution in [0.1, 0.15) is 26.3 Å². The summed E-state index contributed by atoms with van der Waals surface area (Å²) >= 11 is 5.93. The summed E-state index contributed by atoms with van der Waals surface area (Å²) in [7, 11) is -3.85. The van der Waals surface area contributed by atoms with Crippen LogP contribution >= 0.6 is 11.6 Å². The number of benzene rings is 1. The SMILES string of the molecule is CC(C)C(C)(CN)NS(=O)(=O)c1cc(C#N)ccc1Cl. The van der Waals surface area contributed by atoms with E-state index in [0.29, 0.717) is 0 Å². The number of nitrogens with zero attached hydrogens (tertiary/aromatic N) is 1. The van der Waals surface area contributed by atoms with E-state index in [0.717, 1.165) is 0 Å². The van der Waals surface area contributed by atoms with Crippen LogP contribution in [-0.2, 0) is 10.0 Å². The molecule has 0 saturated carbocycles. The van der Waals surface area contributed by atoms with Crippen molar-refractivity contribution in [2.45, 2.75) is 31.2 Å². The maximum Gasteiger partial charge on any atom is 0.242 e. The predicted molar refractivity (Wildman–Crippen MR) is 78.8 cm³/mol. The number of sulfonamides is 1. The third kappa shape index (κ3) is 3.49. The first-order chi connectivity index (χ1) is 9.16. The monoisotopic (exact) mass is 315 g/mol. The van der Waals surface area contributed by atoms with E-state index in [2.05, 4.69) is 4.72 Å². The number of nitrogens with one attached hydrogen (secondary N) is 1. The minimum Gasteiger partial charge on any atom is -0.329 e. The fourth-order valence-corrected chi connectivity index (χ4v) is 3.61. The minimum atomic E-state index is -3.85. The number of nitriles is 1. The quantitative estimate of drug-likeness (QED) is 0.866. The van der Waals surface area contributed by atoms with Crippen molar-refractivity contribution in [3.63, 3.8) is 0 Å². The number of hydrogen-bond acceptors (Lipinski definition) is 4.